The summed E-state index contributed by atoms with van der Waals surface area (Å²) in [5.74, 6) is 0.435. The van der Waals surface area contributed by atoms with Crippen LogP contribution >= 0.6 is 11.6 Å². The molecule has 25 heavy (non-hydrogen) atoms. The zero-order chi connectivity index (χ0) is 18.0. The lowest BCUT2D eigenvalue weighted by Crippen LogP contribution is -2.07. The van der Waals surface area contributed by atoms with Crippen LogP contribution in [0.2, 0.25) is 5.02 Å². The first-order valence-corrected chi connectivity index (χ1v) is 9.76. The number of sulfone groups is 1. The van der Waals surface area contributed by atoms with E-state index in [0.717, 1.165) is 11.1 Å². The smallest absolute Gasteiger partial charge is 0.322 e. The van der Waals surface area contributed by atoms with Gasteiger partial charge in [0.2, 0.25) is 5.82 Å². The molecule has 1 atom stereocenters. The number of benzene rings is 2. The van der Waals surface area contributed by atoms with Crippen molar-refractivity contribution in [2.75, 3.05) is 11.6 Å². The Morgan fingerprint density at radius 3 is 2.52 bits per heavy atom. The largest absolute Gasteiger partial charge is 0.331 e. The molecule has 3 aromatic rings. The Morgan fingerprint density at radius 2 is 1.88 bits per heavy atom. The Kier molecular flexibility index (Phi) is 4.78. The van der Waals surface area contributed by atoms with Gasteiger partial charge in [0.15, 0.2) is 9.84 Å². The van der Waals surface area contributed by atoms with Crippen LogP contribution in [0.1, 0.15) is 18.5 Å². The van der Waals surface area contributed by atoms with E-state index < -0.39 is 9.84 Å². The quantitative estimate of drug-likeness (QED) is 0.724. The van der Waals surface area contributed by atoms with Crippen molar-refractivity contribution < 1.29 is 12.9 Å². The summed E-state index contributed by atoms with van der Waals surface area (Å²) in [5, 5.41) is 7.63. The second-order valence-corrected chi connectivity index (χ2v) is 8.09. The van der Waals surface area contributed by atoms with Gasteiger partial charge in [-0.2, -0.15) is 4.98 Å². The molecule has 1 N–H and O–H groups in total. The van der Waals surface area contributed by atoms with Crippen LogP contribution < -0.4 is 5.32 Å². The predicted molar refractivity (Wildman–Crippen MR) is 96.3 cm³/mol. The summed E-state index contributed by atoms with van der Waals surface area (Å²) >= 11 is 5.97. The first-order valence-electron chi connectivity index (χ1n) is 7.49. The number of halogens is 1. The molecule has 0 fully saturated rings. The van der Waals surface area contributed by atoms with Gasteiger partial charge in [0.1, 0.15) is 0 Å². The van der Waals surface area contributed by atoms with Crippen molar-refractivity contribution in [2.45, 2.75) is 17.9 Å². The third-order valence-electron chi connectivity index (χ3n) is 3.66. The molecule has 2 aromatic carbocycles. The van der Waals surface area contributed by atoms with E-state index in [2.05, 4.69) is 15.5 Å². The topological polar surface area (TPSA) is 85.1 Å². The van der Waals surface area contributed by atoms with E-state index in [4.69, 9.17) is 16.1 Å². The number of nitrogens with one attached hydrogen (secondary N) is 1. The standard InChI is InChI=1S/C17H16ClN3O3S/c1-11(12-6-8-15(9-7-12)25(2,22)23)19-17-20-16(21-24-17)13-4-3-5-14(18)10-13/h3-11H,1-2H3,(H,19,20,21). The van der Waals surface area contributed by atoms with Gasteiger partial charge in [0.25, 0.3) is 0 Å². The minimum Gasteiger partial charge on any atom is -0.331 e. The zero-order valence-corrected chi connectivity index (χ0v) is 15.2. The van der Waals surface area contributed by atoms with Gasteiger partial charge in [-0.3, -0.25) is 0 Å². The molecular formula is C17H16ClN3O3S. The number of hydrogen-bond acceptors (Lipinski definition) is 6. The van der Waals surface area contributed by atoms with Crippen LogP contribution in [0.4, 0.5) is 6.01 Å². The van der Waals surface area contributed by atoms with Gasteiger partial charge in [-0.15, -0.1) is 0 Å². The van der Waals surface area contributed by atoms with E-state index in [1.807, 2.05) is 19.1 Å². The summed E-state index contributed by atoms with van der Waals surface area (Å²) in [5.41, 5.74) is 1.66. The second kappa shape index (κ2) is 6.85. The highest BCUT2D eigenvalue weighted by Crippen LogP contribution is 2.24. The first-order chi connectivity index (χ1) is 11.8. The molecule has 130 valence electrons. The molecular weight excluding hydrogens is 362 g/mol. The Balaban J connectivity index is 1.74. The van der Waals surface area contributed by atoms with Crippen LogP contribution in [0, 0.1) is 0 Å². The Labute approximate surface area is 150 Å². The molecule has 0 saturated heterocycles. The molecule has 0 aliphatic rings. The lowest BCUT2D eigenvalue weighted by molar-refractivity contribution is 0.429. The van der Waals surface area contributed by atoms with Crippen molar-refractivity contribution in [1.29, 1.82) is 0 Å². The Bertz CT molecular complexity index is 984. The van der Waals surface area contributed by atoms with Crippen molar-refractivity contribution in [3.05, 3.63) is 59.1 Å². The van der Waals surface area contributed by atoms with E-state index in [9.17, 15) is 8.42 Å². The average Bonchev–Trinajstić information content (AvgIpc) is 3.03. The molecule has 1 aromatic heterocycles. The molecule has 0 radical (unpaired) electrons. The molecule has 0 spiro atoms. The van der Waals surface area contributed by atoms with Crippen molar-refractivity contribution in [3.8, 4) is 11.4 Å². The van der Waals surface area contributed by atoms with Crippen LogP contribution in [0.5, 0.6) is 0 Å². The fourth-order valence-electron chi connectivity index (χ4n) is 2.30. The van der Waals surface area contributed by atoms with Crippen LogP contribution in [0.25, 0.3) is 11.4 Å². The second-order valence-electron chi connectivity index (χ2n) is 5.64. The molecule has 8 heteroatoms. The fourth-order valence-corrected chi connectivity index (χ4v) is 3.12. The molecule has 0 aliphatic carbocycles. The van der Waals surface area contributed by atoms with Gasteiger partial charge in [-0.05, 0) is 36.8 Å². The summed E-state index contributed by atoms with van der Waals surface area (Å²) in [4.78, 5) is 4.58. The number of nitrogens with zero attached hydrogens (tertiary/aromatic N) is 2. The van der Waals surface area contributed by atoms with Crippen LogP contribution in [0.3, 0.4) is 0 Å². The maximum atomic E-state index is 11.5. The molecule has 6 nitrogen and oxygen atoms in total. The van der Waals surface area contributed by atoms with Gasteiger partial charge in [-0.25, -0.2) is 8.42 Å². The minimum atomic E-state index is -3.21. The first kappa shape index (κ1) is 17.4. The normalized spacial score (nSPS) is 12.8. The van der Waals surface area contributed by atoms with E-state index in [0.29, 0.717) is 10.8 Å². The lowest BCUT2D eigenvalue weighted by Gasteiger charge is -2.12. The van der Waals surface area contributed by atoms with Gasteiger partial charge in [-0.1, -0.05) is 41.0 Å². The highest BCUT2D eigenvalue weighted by molar-refractivity contribution is 7.90. The maximum Gasteiger partial charge on any atom is 0.322 e. The lowest BCUT2D eigenvalue weighted by atomic mass is 10.1. The van der Waals surface area contributed by atoms with Gasteiger partial charge >= 0.3 is 6.01 Å². The predicted octanol–water partition coefficient (Wildman–Crippen LogP) is 3.97. The minimum absolute atomic E-state index is 0.138. The SMILES string of the molecule is CC(Nc1nc(-c2cccc(Cl)c2)no1)c1ccc(S(C)(=O)=O)cc1. The molecule has 0 saturated carbocycles. The van der Waals surface area contributed by atoms with Crippen LogP contribution in [-0.4, -0.2) is 24.8 Å². The monoisotopic (exact) mass is 377 g/mol. The van der Waals surface area contributed by atoms with Gasteiger partial charge in [0, 0.05) is 16.8 Å². The van der Waals surface area contributed by atoms with Crippen molar-refractivity contribution in [3.63, 3.8) is 0 Å². The van der Waals surface area contributed by atoms with Crippen molar-refractivity contribution in [1.82, 2.24) is 10.1 Å². The molecule has 0 amide bonds. The third-order valence-corrected chi connectivity index (χ3v) is 5.02. The number of anilines is 1. The zero-order valence-electron chi connectivity index (χ0n) is 13.6. The number of rotatable bonds is 5. The van der Waals surface area contributed by atoms with E-state index in [-0.39, 0.29) is 17.0 Å². The number of aromatic nitrogens is 2. The summed E-state index contributed by atoms with van der Waals surface area (Å²) in [6.45, 7) is 1.92. The Morgan fingerprint density at radius 1 is 1.16 bits per heavy atom. The molecule has 3 rings (SSSR count). The summed E-state index contributed by atoms with van der Waals surface area (Å²) in [7, 11) is -3.21. The van der Waals surface area contributed by atoms with Gasteiger partial charge < -0.3 is 9.84 Å². The third kappa shape index (κ3) is 4.18. The summed E-state index contributed by atoms with van der Waals surface area (Å²) in [6.07, 6.45) is 1.18. The van der Waals surface area contributed by atoms with Crippen LogP contribution in [-0.2, 0) is 9.84 Å². The highest BCUT2D eigenvalue weighted by Gasteiger charge is 2.13. The Hall–Kier alpha value is -2.38. The van der Waals surface area contributed by atoms with E-state index in [1.54, 1.807) is 36.4 Å². The average molecular weight is 378 g/mol. The van der Waals surface area contributed by atoms with E-state index in [1.165, 1.54) is 6.26 Å². The molecule has 0 bridgehead atoms. The van der Waals surface area contributed by atoms with Crippen LogP contribution in [0.15, 0.2) is 57.9 Å². The molecule has 1 heterocycles. The van der Waals surface area contributed by atoms with Crippen molar-refractivity contribution >= 4 is 27.5 Å². The van der Waals surface area contributed by atoms with Gasteiger partial charge in [0.05, 0.1) is 10.9 Å². The number of hydrogen-bond donors (Lipinski definition) is 1. The molecule has 1 unspecified atom stereocenters. The molecule has 0 aliphatic heterocycles. The summed E-state index contributed by atoms with van der Waals surface area (Å²) < 4.78 is 28.2. The maximum absolute atomic E-state index is 11.5. The highest BCUT2D eigenvalue weighted by atomic mass is 35.5. The van der Waals surface area contributed by atoms with Crippen molar-refractivity contribution in [2.24, 2.45) is 0 Å². The van der Waals surface area contributed by atoms with E-state index >= 15 is 0 Å². The fraction of sp³-hybridized carbons (Fsp3) is 0.176. The summed E-state index contributed by atoms with van der Waals surface area (Å²) in [6, 6.07) is 14.0.